The first-order valence-electron chi connectivity index (χ1n) is 5.33. The molecule has 0 aliphatic heterocycles. The molecule has 2 N–H and O–H groups in total. The largest absolute Gasteiger partial charge is 0.383 e. The Morgan fingerprint density at radius 3 is 2.47 bits per heavy atom. The van der Waals surface area contributed by atoms with E-state index in [1.807, 2.05) is 6.20 Å². The van der Waals surface area contributed by atoms with Crippen molar-refractivity contribution in [3.8, 4) is 0 Å². The van der Waals surface area contributed by atoms with Gasteiger partial charge in [0.25, 0.3) is 0 Å². The van der Waals surface area contributed by atoms with E-state index in [0.717, 1.165) is 35.3 Å². The molecule has 1 aromatic heterocycles. The van der Waals surface area contributed by atoms with Crippen molar-refractivity contribution in [2.24, 2.45) is 0 Å². The van der Waals surface area contributed by atoms with Gasteiger partial charge in [0.05, 0.1) is 26.7 Å². The molecule has 0 atom stereocenters. The fourth-order valence-electron chi connectivity index (χ4n) is 1.44. The zero-order valence-electron chi connectivity index (χ0n) is 10.1. The van der Waals surface area contributed by atoms with Crippen molar-refractivity contribution in [1.29, 1.82) is 0 Å². The predicted octanol–water partition coefficient (Wildman–Crippen LogP) is 1.22. The van der Waals surface area contributed by atoms with E-state index in [4.69, 9.17) is 5.73 Å². The van der Waals surface area contributed by atoms with E-state index in [9.17, 15) is 0 Å². The Hall–Kier alpha value is -1.16. The fourth-order valence-corrected chi connectivity index (χ4v) is 1.44. The molecule has 84 valence electrons. The summed E-state index contributed by atoms with van der Waals surface area (Å²) in [6.45, 7) is 2.97. The van der Waals surface area contributed by atoms with Crippen LogP contribution in [0, 0.1) is 0 Å². The zero-order chi connectivity index (χ0) is 11.5. The Morgan fingerprint density at radius 1 is 1.33 bits per heavy atom. The van der Waals surface area contributed by atoms with Crippen LogP contribution in [0.5, 0.6) is 0 Å². The smallest absolute Gasteiger partial charge is 0.136 e. The van der Waals surface area contributed by atoms with Crippen molar-refractivity contribution >= 4 is 5.82 Å². The average Bonchev–Trinajstić information content (AvgIpc) is 2.08. The second-order valence-corrected chi connectivity index (χ2v) is 4.90. The third-order valence-electron chi connectivity index (χ3n) is 2.07. The van der Waals surface area contributed by atoms with Crippen LogP contribution in [0.25, 0.3) is 0 Å². The summed E-state index contributed by atoms with van der Waals surface area (Å²) in [5, 5.41) is 0. The van der Waals surface area contributed by atoms with Gasteiger partial charge in [-0.2, -0.15) is 0 Å². The minimum atomic E-state index is 0.626. The molecule has 4 heteroatoms. The van der Waals surface area contributed by atoms with Crippen LogP contribution in [0.3, 0.4) is 0 Å². The minimum absolute atomic E-state index is 0.626. The van der Waals surface area contributed by atoms with Crippen LogP contribution in [0.15, 0.2) is 6.20 Å². The van der Waals surface area contributed by atoms with E-state index in [1.165, 1.54) is 0 Å². The molecular formula is C11H21N4+. The highest BCUT2D eigenvalue weighted by molar-refractivity contribution is 5.36. The third-order valence-corrected chi connectivity index (χ3v) is 2.07. The number of quaternary nitrogens is 1. The molecule has 0 aliphatic rings. The summed E-state index contributed by atoms with van der Waals surface area (Å²) in [6, 6.07) is 0. The first-order chi connectivity index (χ1) is 6.92. The highest BCUT2D eigenvalue weighted by atomic mass is 15.3. The van der Waals surface area contributed by atoms with Crippen molar-refractivity contribution < 1.29 is 4.48 Å². The first kappa shape index (κ1) is 11.9. The minimum Gasteiger partial charge on any atom is -0.383 e. The molecule has 0 aliphatic carbocycles. The molecule has 4 nitrogen and oxygen atoms in total. The predicted molar refractivity (Wildman–Crippen MR) is 62.2 cm³/mol. The van der Waals surface area contributed by atoms with Gasteiger partial charge >= 0.3 is 0 Å². The number of nitrogen functional groups attached to an aromatic ring is 1. The standard InChI is InChI=1S/C11H21N4/c1-5-6-10-13-7-9(11(12)14-10)8-15(2,3)4/h7H,5-6,8H2,1-4H3,(H2,12,13,14)/q+1. The lowest BCUT2D eigenvalue weighted by molar-refractivity contribution is -0.883. The van der Waals surface area contributed by atoms with Crippen LogP contribution < -0.4 is 5.73 Å². The normalized spacial score (nSPS) is 11.7. The number of hydrogen-bond acceptors (Lipinski definition) is 3. The maximum Gasteiger partial charge on any atom is 0.136 e. The number of aryl methyl sites for hydroxylation is 1. The molecule has 0 aromatic carbocycles. The second kappa shape index (κ2) is 4.57. The van der Waals surface area contributed by atoms with Crippen LogP contribution in [0.1, 0.15) is 24.7 Å². The van der Waals surface area contributed by atoms with Crippen molar-refractivity contribution in [3.05, 3.63) is 17.6 Å². The molecule has 1 rings (SSSR count). The molecule has 0 spiro atoms. The maximum absolute atomic E-state index is 5.90. The van der Waals surface area contributed by atoms with E-state index in [2.05, 4.69) is 38.0 Å². The van der Waals surface area contributed by atoms with Crippen molar-refractivity contribution in [1.82, 2.24) is 9.97 Å². The first-order valence-corrected chi connectivity index (χ1v) is 5.33. The second-order valence-electron chi connectivity index (χ2n) is 4.90. The summed E-state index contributed by atoms with van der Waals surface area (Å²) in [7, 11) is 6.37. The van der Waals surface area contributed by atoms with E-state index < -0.39 is 0 Å². The van der Waals surface area contributed by atoms with Gasteiger partial charge in [-0.1, -0.05) is 6.92 Å². The molecule has 1 heterocycles. The number of anilines is 1. The fraction of sp³-hybridized carbons (Fsp3) is 0.636. The SMILES string of the molecule is CCCc1ncc(C[N+](C)(C)C)c(N)n1. The van der Waals surface area contributed by atoms with Crippen LogP contribution >= 0.6 is 0 Å². The van der Waals surface area contributed by atoms with Crippen LogP contribution in [-0.2, 0) is 13.0 Å². The van der Waals surface area contributed by atoms with Gasteiger partial charge in [-0.05, 0) is 6.42 Å². The third kappa shape index (κ3) is 3.83. The lowest BCUT2D eigenvalue weighted by atomic mass is 10.2. The van der Waals surface area contributed by atoms with Crippen LogP contribution in [0.2, 0.25) is 0 Å². The quantitative estimate of drug-likeness (QED) is 0.758. The van der Waals surface area contributed by atoms with E-state index in [1.54, 1.807) is 0 Å². The van der Waals surface area contributed by atoms with Gasteiger partial charge in [-0.25, -0.2) is 9.97 Å². The molecule has 0 fully saturated rings. The van der Waals surface area contributed by atoms with Gasteiger partial charge in [-0.3, -0.25) is 0 Å². The maximum atomic E-state index is 5.90. The summed E-state index contributed by atoms with van der Waals surface area (Å²) in [5.41, 5.74) is 6.93. The molecule has 0 bridgehead atoms. The molecule has 0 saturated carbocycles. The monoisotopic (exact) mass is 209 g/mol. The van der Waals surface area contributed by atoms with Crippen molar-refractivity contribution in [2.45, 2.75) is 26.3 Å². The summed E-state index contributed by atoms with van der Waals surface area (Å²) in [4.78, 5) is 8.62. The van der Waals surface area contributed by atoms with Gasteiger partial charge in [0.2, 0.25) is 0 Å². The average molecular weight is 209 g/mol. The number of nitrogens with two attached hydrogens (primary N) is 1. The molecule has 0 unspecified atom stereocenters. The molecule has 0 radical (unpaired) electrons. The highest BCUT2D eigenvalue weighted by Crippen LogP contribution is 2.12. The van der Waals surface area contributed by atoms with E-state index in [0.29, 0.717) is 5.82 Å². The highest BCUT2D eigenvalue weighted by Gasteiger charge is 2.12. The number of aromatic nitrogens is 2. The lowest BCUT2D eigenvalue weighted by Crippen LogP contribution is -2.33. The van der Waals surface area contributed by atoms with E-state index in [-0.39, 0.29) is 0 Å². The lowest BCUT2D eigenvalue weighted by Gasteiger charge is -2.24. The number of nitrogens with zero attached hydrogens (tertiary/aromatic N) is 3. The summed E-state index contributed by atoms with van der Waals surface area (Å²) >= 11 is 0. The Morgan fingerprint density at radius 2 is 2.00 bits per heavy atom. The zero-order valence-corrected chi connectivity index (χ0v) is 10.1. The van der Waals surface area contributed by atoms with E-state index >= 15 is 0 Å². The Bertz CT molecular complexity index is 328. The molecule has 15 heavy (non-hydrogen) atoms. The summed E-state index contributed by atoms with van der Waals surface area (Å²) in [6.07, 6.45) is 3.81. The number of rotatable bonds is 4. The number of hydrogen-bond donors (Lipinski definition) is 1. The molecule has 0 amide bonds. The molecule has 1 aromatic rings. The summed E-state index contributed by atoms with van der Waals surface area (Å²) < 4.78 is 0.834. The Labute approximate surface area is 91.7 Å². The van der Waals surface area contributed by atoms with Crippen molar-refractivity contribution in [3.63, 3.8) is 0 Å². The molecular weight excluding hydrogens is 188 g/mol. The van der Waals surface area contributed by atoms with Gasteiger partial charge in [0, 0.05) is 12.6 Å². The van der Waals surface area contributed by atoms with Crippen molar-refractivity contribution in [2.75, 3.05) is 26.9 Å². The van der Waals surface area contributed by atoms with Gasteiger partial charge in [-0.15, -0.1) is 0 Å². The van der Waals surface area contributed by atoms with Gasteiger partial charge in [0.1, 0.15) is 18.2 Å². The van der Waals surface area contributed by atoms with Crippen LogP contribution in [0.4, 0.5) is 5.82 Å². The van der Waals surface area contributed by atoms with Gasteiger partial charge < -0.3 is 10.2 Å². The Kier molecular flexibility index (Phi) is 3.63. The van der Waals surface area contributed by atoms with Gasteiger partial charge in [0.15, 0.2) is 0 Å². The molecule has 0 saturated heterocycles. The summed E-state index contributed by atoms with van der Waals surface area (Å²) in [5.74, 6) is 1.47. The topological polar surface area (TPSA) is 51.8 Å². The van der Waals surface area contributed by atoms with Crippen LogP contribution in [-0.4, -0.2) is 35.6 Å². The Balaban J connectivity index is 2.84.